The fourth-order valence-corrected chi connectivity index (χ4v) is 2.81. The van der Waals surface area contributed by atoms with Gasteiger partial charge in [0.1, 0.15) is 0 Å². The number of pyridine rings is 1. The lowest BCUT2D eigenvalue weighted by Gasteiger charge is -2.09. The van der Waals surface area contributed by atoms with Gasteiger partial charge in [0.05, 0.1) is 33.3 Å². The fraction of sp³-hybridized carbons (Fsp3) is 0.118. The molecule has 2 heterocycles. The van der Waals surface area contributed by atoms with Crippen LogP contribution in [0.2, 0.25) is 10.0 Å². The smallest absolute Gasteiger partial charge is 0.247 e. The van der Waals surface area contributed by atoms with Crippen LogP contribution in [0.25, 0.3) is 16.7 Å². The van der Waals surface area contributed by atoms with Gasteiger partial charge in [-0.2, -0.15) is 5.10 Å². The number of rotatable bonds is 3. The van der Waals surface area contributed by atoms with E-state index in [1.807, 2.05) is 19.9 Å². The molecule has 0 saturated heterocycles. The van der Waals surface area contributed by atoms with E-state index < -0.39 is 0 Å². The Morgan fingerprint density at radius 1 is 1.25 bits per heavy atom. The lowest BCUT2D eigenvalue weighted by atomic mass is 10.2. The van der Waals surface area contributed by atoms with Gasteiger partial charge in [0.2, 0.25) is 5.91 Å². The highest BCUT2D eigenvalue weighted by Crippen LogP contribution is 2.30. The summed E-state index contributed by atoms with van der Waals surface area (Å²) in [7, 11) is 0. The molecule has 122 valence electrons. The van der Waals surface area contributed by atoms with Crippen LogP contribution < -0.4 is 5.32 Å². The van der Waals surface area contributed by atoms with Gasteiger partial charge < -0.3 is 5.32 Å². The van der Waals surface area contributed by atoms with Gasteiger partial charge in [-0.25, -0.2) is 9.67 Å². The molecule has 3 aromatic rings. The molecule has 1 N–H and O–H groups in total. The van der Waals surface area contributed by atoms with E-state index in [4.69, 9.17) is 23.2 Å². The van der Waals surface area contributed by atoms with Crippen molar-refractivity contribution in [2.45, 2.75) is 13.8 Å². The van der Waals surface area contributed by atoms with Gasteiger partial charge in [-0.15, -0.1) is 0 Å². The van der Waals surface area contributed by atoms with Crippen LogP contribution in [0.3, 0.4) is 0 Å². The third-order valence-electron chi connectivity index (χ3n) is 3.63. The van der Waals surface area contributed by atoms with Crippen molar-refractivity contribution < 1.29 is 4.79 Å². The molecule has 0 spiro atoms. The summed E-state index contributed by atoms with van der Waals surface area (Å²) in [5.41, 5.74) is 3.78. The van der Waals surface area contributed by atoms with E-state index in [1.165, 1.54) is 6.08 Å². The molecule has 0 aliphatic heterocycles. The van der Waals surface area contributed by atoms with Crippen molar-refractivity contribution in [3.8, 4) is 5.69 Å². The SMILES string of the molecule is C=CC(=O)Nc1cnc2c(c1)c(C)nn2-c1cc(Cl)c(Cl)cc1C. The second-order valence-electron chi connectivity index (χ2n) is 5.34. The minimum atomic E-state index is -0.290. The van der Waals surface area contributed by atoms with Crippen molar-refractivity contribution in [3.05, 3.63) is 58.4 Å². The number of fused-ring (bicyclic) bond motifs is 1. The van der Waals surface area contributed by atoms with Crippen LogP contribution in [-0.4, -0.2) is 20.7 Å². The van der Waals surface area contributed by atoms with Gasteiger partial charge >= 0.3 is 0 Å². The molecular formula is C17H14Cl2N4O. The Morgan fingerprint density at radius 2 is 1.96 bits per heavy atom. The number of benzene rings is 1. The van der Waals surface area contributed by atoms with E-state index in [-0.39, 0.29) is 5.91 Å². The lowest BCUT2D eigenvalue weighted by molar-refractivity contribution is -0.111. The molecule has 24 heavy (non-hydrogen) atoms. The Morgan fingerprint density at radius 3 is 2.67 bits per heavy atom. The molecule has 0 aliphatic carbocycles. The minimum Gasteiger partial charge on any atom is -0.321 e. The Bertz CT molecular complexity index is 978. The first kappa shape index (κ1) is 16.5. The summed E-state index contributed by atoms with van der Waals surface area (Å²) in [4.78, 5) is 15.9. The van der Waals surface area contributed by atoms with E-state index >= 15 is 0 Å². The summed E-state index contributed by atoms with van der Waals surface area (Å²) in [6, 6.07) is 5.39. The Balaban J connectivity index is 2.16. The van der Waals surface area contributed by atoms with Crippen molar-refractivity contribution in [2.75, 3.05) is 5.32 Å². The molecule has 0 radical (unpaired) electrons. The normalized spacial score (nSPS) is 10.8. The van der Waals surface area contributed by atoms with Crippen molar-refractivity contribution in [3.63, 3.8) is 0 Å². The molecule has 0 unspecified atom stereocenters. The van der Waals surface area contributed by atoms with Gasteiger partial charge in [0.25, 0.3) is 0 Å². The first-order valence-electron chi connectivity index (χ1n) is 7.15. The summed E-state index contributed by atoms with van der Waals surface area (Å²) in [5, 5.41) is 9.03. The zero-order valence-corrected chi connectivity index (χ0v) is 14.6. The summed E-state index contributed by atoms with van der Waals surface area (Å²) in [6.07, 6.45) is 2.79. The van der Waals surface area contributed by atoms with Crippen molar-refractivity contribution in [2.24, 2.45) is 0 Å². The Labute approximate surface area is 148 Å². The standard InChI is InChI=1S/C17H14Cl2N4O/c1-4-16(24)21-11-6-12-10(3)22-23(17(12)20-8-11)15-7-14(19)13(18)5-9(15)2/h4-8H,1H2,2-3H3,(H,21,24). The highest BCUT2D eigenvalue weighted by molar-refractivity contribution is 6.42. The van der Waals surface area contributed by atoms with Crippen LogP contribution in [-0.2, 0) is 4.79 Å². The second-order valence-corrected chi connectivity index (χ2v) is 6.15. The molecule has 1 aromatic carbocycles. The first-order chi connectivity index (χ1) is 11.4. The van der Waals surface area contributed by atoms with E-state index in [2.05, 4.69) is 22.0 Å². The molecular weight excluding hydrogens is 347 g/mol. The van der Waals surface area contributed by atoms with Gasteiger partial charge in [0, 0.05) is 5.39 Å². The molecule has 0 fully saturated rings. The van der Waals surface area contributed by atoms with Crippen LogP contribution >= 0.6 is 23.2 Å². The van der Waals surface area contributed by atoms with Crippen LogP contribution in [0.5, 0.6) is 0 Å². The summed E-state index contributed by atoms with van der Waals surface area (Å²) >= 11 is 12.2. The lowest BCUT2D eigenvalue weighted by Crippen LogP contribution is -2.07. The molecule has 3 rings (SSSR count). The number of hydrogen-bond acceptors (Lipinski definition) is 3. The number of nitrogens with one attached hydrogen (secondary N) is 1. The maximum absolute atomic E-state index is 11.4. The average Bonchev–Trinajstić information content (AvgIpc) is 2.87. The number of hydrogen-bond donors (Lipinski definition) is 1. The third-order valence-corrected chi connectivity index (χ3v) is 4.35. The zero-order chi connectivity index (χ0) is 17.4. The third kappa shape index (κ3) is 2.88. The number of halogens is 2. The molecule has 5 nitrogen and oxygen atoms in total. The van der Waals surface area contributed by atoms with Crippen LogP contribution in [0.4, 0.5) is 5.69 Å². The summed E-state index contributed by atoms with van der Waals surface area (Å²) in [5.74, 6) is -0.290. The minimum absolute atomic E-state index is 0.290. The number of anilines is 1. The number of nitrogens with zero attached hydrogens (tertiary/aromatic N) is 3. The van der Waals surface area contributed by atoms with Crippen LogP contribution in [0.15, 0.2) is 37.1 Å². The Kier molecular flexibility index (Phi) is 4.30. The molecule has 7 heteroatoms. The van der Waals surface area contributed by atoms with Gasteiger partial charge in [-0.1, -0.05) is 29.8 Å². The summed E-state index contributed by atoms with van der Waals surface area (Å²) in [6.45, 7) is 7.24. The maximum Gasteiger partial charge on any atom is 0.247 e. The monoisotopic (exact) mass is 360 g/mol. The molecule has 0 aliphatic rings. The largest absolute Gasteiger partial charge is 0.321 e. The maximum atomic E-state index is 11.4. The van der Waals surface area contributed by atoms with Gasteiger partial charge in [-0.05, 0) is 43.7 Å². The Hall–Kier alpha value is -2.37. The van der Waals surface area contributed by atoms with E-state index in [9.17, 15) is 4.79 Å². The molecule has 1 amide bonds. The highest BCUT2D eigenvalue weighted by Gasteiger charge is 2.14. The first-order valence-corrected chi connectivity index (χ1v) is 7.91. The topological polar surface area (TPSA) is 59.8 Å². The number of aryl methyl sites for hydroxylation is 2. The zero-order valence-electron chi connectivity index (χ0n) is 13.1. The van der Waals surface area contributed by atoms with Gasteiger partial charge in [0.15, 0.2) is 5.65 Å². The number of carbonyl (C=O) groups excluding carboxylic acids is 1. The second kappa shape index (κ2) is 6.26. The van der Waals surface area contributed by atoms with E-state index in [0.29, 0.717) is 21.4 Å². The highest BCUT2D eigenvalue weighted by atomic mass is 35.5. The van der Waals surface area contributed by atoms with E-state index in [1.54, 1.807) is 23.0 Å². The van der Waals surface area contributed by atoms with Crippen LogP contribution in [0.1, 0.15) is 11.3 Å². The molecule has 2 aromatic heterocycles. The molecule has 0 atom stereocenters. The van der Waals surface area contributed by atoms with Crippen LogP contribution in [0, 0.1) is 13.8 Å². The number of carbonyl (C=O) groups is 1. The van der Waals surface area contributed by atoms with Crippen molar-refractivity contribution >= 4 is 45.8 Å². The summed E-state index contributed by atoms with van der Waals surface area (Å²) < 4.78 is 1.72. The quantitative estimate of drug-likeness (QED) is 0.701. The van der Waals surface area contributed by atoms with Crippen molar-refractivity contribution in [1.82, 2.24) is 14.8 Å². The number of amides is 1. The predicted octanol–water partition coefficient (Wildman–Crippen LogP) is 4.47. The van der Waals surface area contributed by atoms with Gasteiger partial charge in [-0.3, -0.25) is 4.79 Å². The molecule has 0 saturated carbocycles. The molecule has 0 bridgehead atoms. The predicted molar refractivity (Wildman–Crippen MR) is 97.2 cm³/mol. The fourth-order valence-electron chi connectivity index (χ4n) is 2.44. The number of aromatic nitrogens is 3. The van der Waals surface area contributed by atoms with E-state index in [0.717, 1.165) is 22.3 Å². The average molecular weight is 361 g/mol. The van der Waals surface area contributed by atoms with Crippen molar-refractivity contribution in [1.29, 1.82) is 0 Å².